The molecular formula is C19H28N2O3S. The van der Waals surface area contributed by atoms with Crippen molar-refractivity contribution < 1.29 is 13.2 Å². The summed E-state index contributed by atoms with van der Waals surface area (Å²) < 4.78 is 27.0. The zero-order chi connectivity index (χ0) is 18.0. The number of carbonyl (C=O) groups is 1. The molecule has 0 unspecified atom stereocenters. The SMILES string of the molecule is Cc1ccc(S(=O)(=O)N2CCC(C(=O)N(C)C3CCCC3)CC2)cc1. The average molecular weight is 365 g/mol. The lowest BCUT2D eigenvalue weighted by molar-refractivity contribution is -0.137. The van der Waals surface area contributed by atoms with Crippen LogP contribution < -0.4 is 0 Å². The number of rotatable bonds is 4. The van der Waals surface area contributed by atoms with Gasteiger partial charge in [0.2, 0.25) is 15.9 Å². The van der Waals surface area contributed by atoms with Gasteiger partial charge in [-0.05, 0) is 44.7 Å². The van der Waals surface area contributed by atoms with Crippen molar-refractivity contribution in [1.29, 1.82) is 0 Å². The Labute approximate surface area is 151 Å². The number of piperidine rings is 1. The third-order valence-corrected chi connectivity index (χ3v) is 7.59. The van der Waals surface area contributed by atoms with E-state index < -0.39 is 10.0 Å². The summed E-state index contributed by atoms with van der Waals surface area (Å²) in [4.78, 5) is 15.0. The normalized spacial score (nSPS) is 20.7. The summed E-state index contributed by atoms with van der Waals surface area (Å²) >= 11 is 0. The molecule has 138 valence electrons. The van der Waals surface area contributed by atoms with E-state index >= 15 is 0 Å². The van der Waals surface area contributed by atoms with Crippen LogP contribution >= 0.6 is 0 Å². The summed E-state index contributed by atoms with van der Waals surface area (Å²) in [6.07, 6.45) is 5.83. The molecule has 0 radical (unpaired) electrons. The standard InChI is InChI=1S/C19H28N2O3S/c1-15-7-9-18(10-8-15)25(23,24)21-13-11-16(12-14-21)19(22)20(2)17-5-3-4-6-17/h7-10,16-17H,3-6,11-14H2,1-2H3. The lowest BCUT2D eigenvalue weighted by Gasteiger charge is -2.34. The molecule has 1 amide bonds. The third kappa shape index (κ3) is 3.90. The van der Waals surface area contributed by atoms with Gasteiger partial charge in [0.05, 0.1) is 4.90 Å². The third-order valence-electron chi connectivity index (χ3n) is 5.68. The van der Waals surface area contributed by atoms with Gasteiger partial charge in [-0.2, -0.15) is 4.31 Å². The van der Waals surface area contributed by atoms with Crippen molar-refractivity contribution >= 4 is 15.9 Å². The predicted molar refractivity (Wildman–Crippen MR) is 97.7 cm³/mol. The highest BCUT2D eigenvalue weighted by atomic mass is 32.2. The summed E-state index contributed by atoms with van der Waals surface area (Å²) in [6, 6.07) is 7.34. The van der Waals surface area contributed by atoms with Crippen LogP contribution in [0.25, 0.3) is 0 Å². The maximum Gasteiger partial charge on any atom is 0.243 e. The first kappa shape index (κ1) is 18.4. The topological polar surface area (TPSA) is 57.7 Å². The van der Waals surface area contributed by atoms with Gasteiger partial charge in [0.1, 0.15) is 0 Å². The lowest BCUT2D eigenvalue weighted by atomic mass is 9.96. The van der Waals surface area contributed by atoms with Crippen molar-refractivity contribution in [2.75, 3.05) is 20.1 Å². The Morgan fingerprint density at radius 3 is 2.16 bits per heavy atom. The summed E-state index contributed by atoms with van der Waals surface area (Å²) in [7, 11) is -1.54. The van der Waals surface area contributed by atoms with Crippen molar-refractivity contribution in [3.63, 3.8) is 0 Å². The van der Waals surface area contributed by atoms with Crippen LogP contribution in [0.3, 0.4) is 0 Å². The number of hydrogen-bond donors (Lipinski definition) is 0. The van der Waals surface area contributed by atoms with Crippen molar-refractivity contribution in [3.05, 3.63) is 29.8 Å². The van der Waals surface area contributed by atoms with Crippen LogP contribution in [-0.4, -0.2) is 49.7 Å². The van der Waals surface area contributed by atoms with Gasteiger partial charge in [-0.25, -0.2) is 8.42 Å². The van der Waals surface area contributed by atoms with Crippen molar-refractivity contribution in [3.8, 4) is 0 Å². The fraction of sp³-hybridized carbons (Fsp3) is 0.632. The van der Waals surface area contributed by atoms with Gasteiger partial charge in [0.25, 0.3) is 0 Å². The quantitative estimate of drug-likeness (QED) is 0.825. The first-order chi connectivity index (χ1) is 11.9. The van der Waals surface area contributed by atoms with Crippen LogP contribution in [-0.2, 0) is 14.8 Å². The van der Waals surface area contributed by atoms with E-state index in [-0.39, 0.29) is 11.8 Å². The zero-order valence-corrected chi connectivity index (χ0v) is 16.0. The van der Waals surface area contributed by atoms with Crippen LogP contribution in [0.5, 0.6) is 0 Å². The smallest absolute Gasteiger partial charge is 0.243 e. The fourth-order valence-electron chi connectivity index (χ4n) is 3.96. The average Bonchev–Trinajstić information content (AvgIpc) is 3.15. The lowest BCUT2D eigenvalue weighted by Crippen LogP contribution is -2.45. The molecule has 5 nitrogen and oxygen atoms in total. The maximum absolute atomic E-state index is 12.7. The number of sulfonamides is 1. The number of amides is 1. The largest absolute Gasteiger partial charge is 0.343 e. The number of hydrogen-bond acceptors (Lipinski definition) is 3. The van der Waals surface area contributed by atoms with Crippen molar-refractivity contribution in [2.45, 2.75) is 56.4 Å². The molecule has 1 aromatic rings. The number of benzene rings is 1. The van der Waals surface area contributed by atoms with E-state index in [0.717, 1.165) is 18.4 Å². The molecule has 1 saturated heterocycles. The van der Waals surface area contributed by atoms with Crippen LogP contribution in [0.15, 0.2) is 29.2 Å². The van der Waals surface area contributed by atoms with E-state index in [2.05, 4.69) is 0 Å². The second kappa shape index (κ2) is 7.46. The van der Waals surface area contributed by atoms with Gasteiger partial charge in [0.15, 0.2) is 0 Å². The molecule has 0 aromatic heterocycles. The van der Waals surface area contributed by atoms with Crippen molar-refractivity contribution in [1.82, 2.24) is 9.21 Å². The molecular weight excluding hydrogens is 336 g/mol. The van der Waals surface area contributed by atoms with Crippen LogP contribution in [0.2, 0.25) is 0 Å². The maximum atomic E-state index is 12.7. The highest BCUT2D eigenvalue weighted by Crippen LogP contribution is 2.28. The predicted octanol–water partition coefficient (Wildman–Crippen LogP) is 2.80. The molecule has 25 heavy (non-hydrogen) atoms. The van der Waals surface area contributed by atoms with E-state index in [0.29, 0.717) is 36.9 Å². The highest BCUT2D eigenvalue weighted by Gasteiger charge is 2.34. The van der Waals surface area contributed by atoms with Gasteiger partial charge >= 0.3 is 0 Å². The summed E-state index contributed by atoms with van der Waals surface area (Å²) in [5.41, 5.74) is 1.04. The highest BCUT2D eigenvalue weighted by molar-refractivity contribution is 7.89. The molecule has 0 bridgehead atoms. The van der Waals surface area contributed by atoms with E-state index in [1.165, 1.54) is 17.1 Å². The summed E-state index contributed by atoms with van der Waals surface area (Å²) in [5.74, 6) is 0.148. The van der Waals surface area contributed by atoms with Gasteiger partial charge in [-0.3, -0.25) is 4.79 Å². The number of nitrogens with zero attached hydrogens (tertiary/aromatic N) is 2. The second-order valence-electron chi connectivity index (χ2n) is 7.38. The molecule has 3 rings (SSSR count). The molecule has 1 aliphatic carbocycles. The molecule has 2 aliphatic rings. The minimum absolute atomic E-state index is 0.0462. The Hall–Kier alpha value is -1.40. The second-order valence-corrected chi connectivity index (χ2v) is 9.32. The van der Waals surface area contributed by atoms with Gasteiger partial charge in [0, 0.05) is 32.1 Å². The molecule has 2 fully saturated rings. The summed E-state index contributed by atoms with van der Waals surface area (Å²) in [5, 5.41) is 0. The molecule has 6 heteroatoms. The van der Waals surface area contributed by atoms with Gasteiger partial charge in [-0.15, -0.1) is 0 Å². The van der Waals surface area contributed by atoms with Crippen LogP contribution in [0, 0.1) is 12.8 Å². The molecule has 1 saturated carbocycles. The van der Waals surface area contributed by atoms with Gasteiger partial charge in [-0.1, -0.05) is 30.5 Å². The Bertz CT molecular complexity index is 701. The van der Waals surface area contributed by atoms with Crippen LogP contribution in [0.4, 0.5) is 0 Å². The Kier molecular flexibility index (Phi) is 5.49. The Morgan fingerprint density at radius 1 is 1.04 bits per heavy atom. The first-order valence-electron chi connectivity index (χ1n) is 9.23. The van der Waals surface area contributed by atoms with E-state index in [1.54, 1.807) is 12.1 Å². The van der Waals surface area contributed by atoms with Crippen LogP contribution in [0.1, 0.15) is 44.1 Å². The Morgan fingerprint density at radius 2 is 1.60 bits per heavy atom. The van der Waals surface area contributed by atoms with E-state index in [9.17, 15) is 13.2 Å². The minimum Gasteiger partial charge on any atom is -0.343 e. The fourth-order valence-corrected chi connectivity index (χ4v) is 5.43. The number of aryl methyl sites for hydroxylation is 1. The molecule has 1 aromatic carbocycles. The number of carbonyl (C=O) groups excluding carboxylic acids is 1. The summed E-state index contributed by atoms with van der Waals surface area (Å²) in [6.45, 7) is 2.78. The first-order valence-corrected chi connectivity index (χ1v) is 10.7. The Balaban J connectivity index is 1.61. The minimum atomic E-state index is -3.46. The molecule has 0 atom stereocenters. The molecule has 0 spiro atoms. The van der Waals surface area contributed by atoms with E-state index in [1.807, 2.05) is 31.0 Å². The van der Waals surface area contributed by atoms with Gasteiger partial charge < -0.3 is 4.90 Å². The molecule has 1 aliphatic heterocycles. The molecule has 0 N–H and O–H groups in total. The zero-order valence-electron chi connectivity index (χ0n) is 15.1. The van der Waals surface area contributed by atoms with E-state index in [4.69, 9.17) is 0 Å². The molecule has 1 heterocycles. The monoisotopic (exact) mass is 364 g/mol. The van der Waals surface area contributed by atoms with Crippen molar-refractivity contribution in [2.24, 2.45) is 5.92 Å².